The number of amides is 2. The Labute approximate surface area is 167 Å². The number of non-ortho nitro benzene ring substituents is 1. The van der Waals surface area contributed by atoms with Gasteiger partial charge in [0, 0.05) is 36.5 Å². The molecule has 1 aliphatic heterocycles. The standard InChI is InChI=1S/C20H21N3O6/c24-19(13-29-17-9-7-16(8-10-17)23(26)27)22-15-5-3-14(4-6-15)20(25)21-12-18-2-1-11-28-18/h3-10,18H,1-2,11-13H2,(H,21,25)(H,22,24). The fourth-order valence-electron chi connectivity index (χ4n) is 2.83. The molecule has 9 heteroatoms. The first-order valence-corrected chi connectivity index (χ1v) is 9.18. The van der Waals surface area contributed by atoms with Crippen molar-refractivity contribution < 1.29 is 24.0 Å². The van der Waals surface area contributed by atoms with E-state index in [0.29, 0.717) is 23.5 Å². The summed E-state index contributed by atoms with van der Waals surface area (Å²) in [6, 6.07) is 12.0. The molecule has 1 atom stereocenters. The number of nitro groups is 1. The van der Waals surface area contributed by atoms with Crippen LogP contribution < -0.4 is 15.4 Å². The Morgan fingerprint density at radius 3 is 2.48 bits per heavy atom. The summed E-state index contributed by atoms with van der Waals surface area (Å²) >= 11 is 0. The Morgan fingerprint density at radius 2 is 1.86 bits per heavy atom. The van der Waals surface area contributed by atoms with Crippen molar-refractivity contribution in [2.24, 2.45) is 0 Å². The lowest BCUT2D eigenvalue weighted by molar-refractivity contribution is -0.384. The van der Waals surface area contributed by atoms with Crippen molar-refractivity contribution in [1.82, 2.24) is 5.32 Å². The first-order chi connectivity index (χ1) is 14.0. The number of carbonyl (C=O) groups excluding carboxylic acids is 2. The van der Waals surface area contributed by atoms with E-state index in [9.17, 15) is 19.7 Å². The molecule has 0 aliphatic carbocycles. The summed E-state index contributed by atoms with van der Waals surface area (Å²) in [4.78, 5) is 34.2. The molecule has 2 aromatic carbocycles. The van der Waals surface area contributed by atoms with Crippen molar-refractivity contribution in [2.75, 3.05) is 25.1 Å². The highest BCUT2D eigenvalue weighted by molar-refractivity contribution is 5.96. The van der Waals surface area contributed by atoms with Crippen LogP contribution in [-0.4, -0.2) is 42.6 Å². The minimum absolute atomic E-state index is 0.0540. The molecule has 1 aliphatic rings. The molecule has 2 amide bonds. The predicted octanol–water partition coefficient (Wildman–Crippen LogP) is 2.52. The van der Waals surface area contributed by atoms with Crippen LogP contribution in [0.4, 0.5) is 11.4 Å². The number of rotatable bonds is 8. The molecule has 0 aromatic heterocycles. The van der Waals surface area contributed by atoms with E-state index in [-0.39, 0.29) is 30.2 Å². The van der Waals surface area contributed by atoms with Gasteiger partial charge in [-0.3, -0.25) is 19.7 Å². The Morgan fingerprint density at radius 1 is 1.14 bits per heavy atom. The van der Waals surface area contributed by atoms with Crippen LogP contribution in [0.1, 0.15) is 23.2 Å². The molecular formula is C20H21N3O6. The van der Waals surface area contributed by atoms with Crippen molar-refractivity contribution >= 4 is 23.2 Å². The summed E-state index contributed by atoms with van der Waals surface area (Å²) < 4.78 is 10.8. The smallest absolute Gasteiger partial charge is 0.269 e. The van der Waals surface area contributed by atoms with Crippen molar-refractivity contribution in [3.05, 3.63) is 64.2 Å². The largest absolute Gasteiger partial charge is 0.484 e. The van der Waals surface area contributed by atoms with E-state index in [1.807, 2.05) is 0 Å². The van der Waals surface area contributed by atoms with Gasteiger partial charge in [0.15, 0.2) is 6.61 Å². The Balaban J connectivity index is 1.44. The predicted molar refractivity (Wildman–Crippen MR) is 105 cm³/mol. The van der Waals surface area contributed by atoms with Crippen molar-refractivity contribution in [2.45, 2.75) is 18.9 Å². The highest BCUT2D eigenvalue weighted by atomic mass is 16.6. The average Bonchev–Trinajstić information content (AvgIpc) is 3.25. The molecule has 2 N–H and O–H groups in total. The number of anilines is 1. The van der Waals surface area contributed by atoms with Gasteiger partial charge >= 0.3 is 0 Å². The summed E-state index contributed by atoms with van der Waals surface area (Å²) in [6.07, 6.45) is 2.05. The Bertz CT molecular complexity index is 861. The normalized spacial score (nSPS) is 15.5. The van der Waals surface area contributed by atoms with Gasteiger partial charge in [-0.15, -0.1) is 0 Å². The minimum atomic E-state index is -0.511. The second kappa shape index (κ2) is 9.65. The summed E-state index contributed by atoms with van der Waals surface area (Å²) in [7, 11) is 0. The van der Waals surface area contributed by atoms with E-state index in [1.165, 1.54) is 24.3 Å². The summed E-state index contributed by atoms with van der Waals surface area (Å²) in [5.74, 6) is -0.233. The molecule has 1 saturated heterocycles. The van der Waals surface area contributed by atoms with E-state index in [2.05, 4.69) is 10.6 Å². The van der Waals surface area contributed by atoms with Crippen LogP contribution in [0.2, 0.25) is 0 Å². The van der Waals surface area contributed by atoms with Crippen LogP contribution in [0.15, 0.2) is 48.5 Å². The molecule has 2 aromatic rings. The van der Waals surface area contributed by atoms with Gasteiger partial charge in [0.1, 0.15) is 5.75 Å². The Kier molecular flexibility index (Phi) is 6.75. The van der Waals surface area contributed by atoms with Crippen molar-refractivity contribution in [3.8, 4) is 5.75 Å². The van der Waals surface area contributed by atoms with Gasteiger partial charge in [0.25, 0.3) is 17.5 Å². The first-order valence-electron chi connectivity index (χ1n) is 9.18. The third-order valence-electron chi connectivity index (χ3n) is 4.36. The van der Waals surface area contributed by atoms with E-state index in [0.717, 1.165) is 19.4 Å². The second-order valence-corrected chi connectivity index (χ2v) is 6.51. The lowest BCUT2D eigenvalue weighted by atomic mass is 10.2. The van der Waals surface area contributed by atoms with Gasteiger partial charge in [-0.05, 0) is 49.2 Å². The maximum atomic E-state index is 12.1. The van der Waals surface area contributed by atoms with Crippen LogP contribution in [-0.2, 0) is 9.53 Å². The van der Waals surface area contributed by atoms with Crippen molar-refractivity contribution in [1.29, 1.82) is 0 Å². The molecule has 0 bridgehead atoms. The number of carbonyl (C=O) groups is 2. The molecule has 0 spiro atoms. The lowest BCUT2D eigenvalue weighted by Crippen LogP contribution is -2.31. The number of nitrogens with one attached hydrogen (secondary N) is 2. The van der Waals surface area contributed by atoms with E-state index in [1.54, 1.807) is 24.3 Å². The van der Waals surface area contributed by atoms with Gasteiger partial charge in [0.2, 0.25) is 0 Å². The monoisotopic (exact) mass is 399 g/mol. The fraction of sp³-hybridized carbons (Fsp3) is 0.300. The van der Waals surface area contributed by atoms with Gasteiger partial charge < -0.3 is 20.1 Å². The summed E-state index contributed by atoms with van der Waals surface area (Å²) in [6.45, 7) is 0.974. The molecule has 1 fully saturated rings. The lowest BCUT2D eigenvalue weighted by Gasteiger charge is -2.11. The SMILES string of the molecule is O=C(COc1ccc([N+](=O)[O-])cc1)Nc1ccc(C(=O)NCC2CCCO2)cc1. The first kappa shape index (κ1) is 20.3. The van der Waals surface area contributed by atoms with Gasteiger partial charge in [0.05, 0.1) is 11.0 Å². The molecule has 152 valence electrons. The number of nitro benzene ring substituents is 1. The number of benzene rings is 2. The van der Waals surface area contributed by atoms with Gasteiger partial charge in [-0.2, -0.15) is 0 Å². The Hall–Kier alpha value is -3.46. The fourth-order valence-corrected chi connectivity index (χ4v) is 2.83. The number of ether oxygens (including phenoxy) is 2. The van der Waals surface area contributed by atoms with Crippen molar-refractivity contribution in [3.63, 3.8) is 0 Å². The number of nitrogens with zero attached hydrogens (tertiary/aromatic N) is 1. The molecule has 9 nitrogen and oxygen atoms in total. The third kappa shape index (κ3) is 6.01. The summed E-state index contributed by atoms with van der Waals surface area (Å²) in [5, 5.41) is 16.1. The quantitative estimate of drug-likeness (QED) is 0.520. The van der Waals surface area contributed by atoms with Crippen LogP contribution in [0.25, 0.3) is 0 Å². The van der Waals surface area contributed by atoms with E-state index in [4.69, 9.17) is 9.47 Å². The molecule has 1 unspecified atom stereocenters. The molecule has 3 rings (SSSR count). The highest BCUT2D eigenvalue weighted by Crippen LogP contribution is 2.17. The minimum Gasteiger partial charge on any atom is -0.484 e. The maximum Gasteiger partial charge on any atom is 0.269 e. The van der Waals surface area contributed by atoms with Crippen LogP contribution in [0, 0.1) is 10.1 Å². The molecule has 29 heavy (non-hydrogen) atoms. The second-order valence-electron chi connectivity index (χ2n) is 6.51. The van der Waals surface area contributed by atoms with Crippen LogP contribution in [0.3, 0.4) is 0 Å². The van der Waals surface area contributed by atoms with Gasteiger partial charge in [-0.25, -0.2) is 0 Å². The topological polar surface area (TPSA) is 120 Å². The van der Waals surface area contributed by atoms with Crippen LogP contribution >= 0.6 is 0 Å². The maximum absolute atomic E-state index is 12.1. The zero-order chi connectivity index (χ0) is 20.6. The number of hydrogen-bond donors (Lipinski definition) is 2. The zero-order valence-corrected chi connectivity index (χ0v) is 15.6. The molecular weight excluding hydrogens is 378 g/mol. The average molecular weight is 399 g/mol. The highest BCUT2D eigenvalue weighted by Gasteiger charge is 2.16. The van der Waals surface area contributed by atoms with Gasteiger partial charge in [-0.1, -0.05) is 0 Å². The summed E-state index contributed by atoms with van der Waals surface area (Å²) in [5.41, 5.74) is 0.961. The van der Waals surface area contributed by atoms with E-state index < -0.39 is 4.92 Å². The van der Waals surface area contributed by atoms with Crippen LogP contribution in [0.5, 0.6) is 5.75 Å². The molecule has 1 heterocycles. The molecule has 0 saturated carbocycles. The van der Waals surface area contributed by atoms with E-state index >= 15 is 0 Å². The zero-order valence-electron chi connectivity index (χ0n) is 15.6. The molecule has 0 radical (unpaired) electrons. The number of hydrogen-bond acceptors (Lipinski definition) is 6. The third-order valence-corrected chi connectivity index (χ3v) is 4.36.